The van der Waals surface area contributed by atoms with E-state index in [9.17, 15) is 5.11 Å². The average molecular weight is 349 g/mol. The van der Waals surface area contributed by atoms with E-state index in [0.717, 1.165) is 26.5 Å². The lowest BCUT2D eigenvalue weighted by atomic mass is 10.00. The molecule has 3 aromatic rings. The molecular weight excluding hydrogens is 338 g/mol. The Morgan fingerprint density at radius 2 is 1.90 bits per heavy atom. The molecule has 0 radical (unpaired) electrons. The molecule has 0 spiro atoms. The van der Waals surface area contributed by atoms with Gasteiger partial charge in [0.15, 0.2) is 0 Å². The predicted molar refractivity (Wildman–Crippen MR) is 85.0 cm³/mol. The zero-order chi connectivity index (χ0) is 14.1. The fourth-order valence-corrected chi connectivity index (χ4v) is 3.08. The summed E-state index contributed by atoms with van der Waals surface area (Å²) in [6.45, 7) is 0. The molecule has 2 nitrogen and oxygen atoms in total. The first-order chi connectivity index (χ1) is 9.63. The van der Waals surface area contributed by atoms with Gasteiger partial charge in [0, 0.05) is 21.1 Å². The summed E-state index contributed by atoms with van der Waals surface area (Å²) in [5, 5.41) is 12.1. The van der Waals surface area contributed by atoms with Crippen molar-refractivity contribution in [1.82, 2.24) is 4.98 Å². The maximum absolute atomic E-state index is 10.5. The molecule has 4 heteroatoms. The number of aliphatic hydroxyl groups is 1. The van der Waals surface area contributed by atoms with Gasteiger partial charge in [-0.2, -0.15) is 0 Å². The number of pyridine rings is 1. The van der Waals surface area contributed by atoms with Crippen LogP contribution in [0.1, 0.15) is 17.2 Å². The van der Waals surface area contributed by atoms with Crippen LogP contribution in [0.25, 0.3) is 10.9 Å². The summed E-state index contributed by atoms with van der Waals surface area (Å²) in [6.07, 6.45) is 1.04. The Kier molecular flexibility index (Phi) is 3.74. The summed E-state index contributed by atoms with van der Waals surface area (Å²) in [4.78, 5) is 4.27. The molecule has 100 valence electrons. The number of rotatable bonds is 2. The highest BCUT2D eigenvalue weighted by molar-refractivity contribution is 9.10. The minimum atomic E-state index is -0.713. The third kappa shape index (κ3) is 2.70. The Labute approximate surface area is 130 Å². The fourth-order valence-electron chi connectivity index (χ4n) is 2.19. The molecule has 0 aliphatic heterocycles. The molecular formula is C16H11BrClNO. The monoisotopic (exact) mass is 347 g/mol. The van der Waals surface area contributed by atoms with Crippen LogP contribution in [0.4, 0.5) is 0 Å². The number of hydrogen-bond acceptors (Lipinski definition) is 2. The van der Waals surface area contributed by atoms with Crippen LogP contribution in [0.5, 0.6) is 0 Å². The SMILES string of the molecule is OC(c1cc(Cl)cc(Br)c1)c1ccc2ncccc2c1. The summed E-state index contributed by atoms with van der Waals surface area (Å²) >= 11 is 9.41. The quantitative estimate of drug-likeness (QED) is 0.726. The summed E-state index contributed by atoms with van der Waals surface area (Å²) in [7, 11) is 0. The third-order valence-corrected chi connectivity index (χ3v) is 3.82. The van der Waals surface area contributed by atoms with Crippen LogP contribution >= 0.6 is 27.5 Å². The van der Waals surface area contributed by atoms with Crippen molar-refractivity contribution >= 4 is 38.4 Å². The number of fused-ring (bicyclic) bond motifs is 1. The van der Waals surface area contributed by atoms with E-state index in [1.165, 1.54) is 0 Å². The molecule has 1 heterocycles. The molecule has 0 saturated heterocycles. The zero-order valence-corrected chi connectivity index (χ0v) is 12.8. The first-order valence-electron chi connectivity index (χ1n) is 6.12. The number of halogens is 2. The van der Waals surface area contributed by atoms with Crippen molar-refractivity contribution in [2.75, 3.05) is 0 Å². The van der Waals surface area contributed by atoms with E-state index < -0.39 is 6.10 Å². The summed E-state index contributed by atoms with van der Waals surface area (Å²) in [6, 6.07) is 15.0. The maximum Gasteiger partial charge on any atom is 0.104 e. The van der Waals surface area contributed by atoms with Gasteiger partial charge in [0.1, 0.15) is 6.10 Å². The van der Waals surface area contributed by atoms with Crippen molar-refractivity contribution in [2.24, 2.45) is 0 Å². The van der Waals surface area contributed by atoms with Crippen LogP contribution < -0.4 is 0 Å². The number of aromatic nitrogens is 1. The number of benzene rings is 2. The van der Waals surface area contributed by atoms with Gasteiger partial charge in [0.2, 0.25) is 0 Å². The predicted octanol–water partition coefficient (Wildman–Crippen LogP) is 4.73. The van der Waals surface area contributed by atoms with Gasteiger partial charge in [0.25, 0.3) is 0 Å². The van der Waals surface area contributed by atoms with Crippen molar-refractivity contribution < 1.29 is 5.11 Å². The second kappa shape index (κ2) is 5.52. The summed E-state index contributed by atoms with van der Waals surface area (Å²) < 4.78 is 0.849. The summed E-state index contributed by atoms with van der Waals surface area (Å²) in [5.74, 6) is 0. The van der Waals surface area contributed by atoms with Crippen molar-refractivity contribution in [3.63, 3.8) is 0 Å². The van der Waals surface area contributed by atoms with Crippen LogP contribution in [0.3, 0.4) is 0 Å². The number of hydrogen-bond donors (Lipinski definition) is 1. The first kappa shape index (κ1) is 13.6. The second-order valence-electron chi connectivity index (χ2n) is 4.56. The first-order valence-corrected chi connectivity index (χ1v) is 7.29. The largest absolute Gasteiger partial charge is 0.384 e. The van der Waals surface area contributed by atoms with Gasteiger partial charge in [0.05, 0.1) is 5.52 Å². The minimum absolute atomic E-state index is 0.593. The maximum atomic E-state index is 10.5. The van der Waals surface area contributed by atoms with Crippen LogP contribution in [-0.4, -0.2) is 10.1 Å². The van der Waals surface area contributed by atoms with Gasteiger partial charge in [-0.15, -0.1) is 0 Å². The van der Waals surface area contributed by atoms with Crippen LogP contribution in [0.15, 0.2) is 59.2 Å². The molecule has 1 unspecified atom stereocenters. The Morgan fingerprint density at radius 3 is 2.70 bits per heavy atom. The zero-order valence-electron chi connectivity index (χ0n) is 10.4. The smallest absolute Gasteiger partial charge is 0.104 e. The van der Waals surface area contributed by atoms with Gasteiger partial charge >= 0.3 is 0 Å². The Balaban J connectivity index is 2.05. The van der Waals surface area contributed by atoms with Gasteiger partial charge in [-0.25, -0.2) is 0 Å². The Bertz CT molecular complexity index is 755. The van der Waals surface area contributed by atoms with E-state index in [1.54, 1.807) is 18.3 Å². The molecule has 0 aliphatic carbocycles. The minimum Gasteiger partial charge on any atom is -0.384 e. The topological polar surface area (TPSA) is 33.1 Å². The van der Waals surface area contributed by atoms with Crippen LogP contribution in [0, 0.1) is 0 Å². The molecule has 0 saturated carbocycles. The molecule has 1 aromatic heterocycles. The van der Waals surface area contributed by atoms with Gasteiger partial charge < -0.3 is 5.11 Å². The fraction of sp³-hybridized carbons (Fsp3) is 0.0625. The molecule has 1 atom stereocenters. The lowest BCUT2D eigenvalue weighted by Gasteiger charge is -2.13. The Morgan fingerprint density at radius 1 is 1.05 bits per heavy atom. The standard InChI is InChI=1S/C16H11BrClNO/c17-13-7-12(8-14(18)9-13)16(20)11-3-4-15-10(6-11)2-1-5-19-15/h1-9,16,20H. The van der Waals surface area contributed by atoms with E-state index >= 15 is 0 Å². The molecule has 1 N–H and O–H groups in total. The van der Waals surface area contributed by atoms with E-state index in [-0.39, 0.29) is 0 Å². The molecule has 0 fully saturated rings. The van der Waals surface area contributed by atoms with Crippen molar-refractivity contribution in [3.8, 4) is 0 Å². The van der Waals surface area contributed by atoms with E-state index in [0.29, 0.717) is 5.02 Å². The van der Waals surface area contributed by atoms with Crippen molar-refractivity contribution in [3.05, 3.63) is 75.4 Å². The van der Waals surface area contributed by atoms with Crippen molar-refractivity contribution in [1.29, 1.82) is 0 Å². The highest BCUT2D eigenvalue weighted by atomic mass is 79.9. The molecule has 3 rings (SSSR count). The van der Waals surface area contributed by atoms with Crippen LogP contribution in [0.2, 0.25) is 5.02 Å². The van der Waals surface area contributed by atoms with E-state index in [4.69, 9.17) is 11.6 Å². The normalized spacial score (nSPS) is 12.6. The van der Waals surface area contributed by atoms with Gasteiger partial charge in [-0.1, -0.05) is 39.7 Å². The lowest BCUT2D eigenvalue weighted by Crippen LogP contribution is -2.00. The average Bonchev–Trinajstić information content (AvgIpc) is 2.45. The molecule has 0 bridgehead atoms. The van der Waals surface area contributed by atoms with Crippen molar-refractivity contribution in [2.45, 2.75) is 6.10 Å². The highest BCUT2D eigenvalue weighted by Gasteiger charge is 2.12. The molecule has 0 aliphatic rings. The summed E-state index contributed by atoms with van der Waals surface area (Å²) in [5.41, 5.74) is 2.49. The van der Waals surface area contributed by atoms with Gasteiger partial charge in [-0.3, -0.25) is 4.98 Å². The van der Waals surface area contributed by atoms with E-state index in [2.05, 4.69) is 20.9 Å². The third-order valence-electron chi connectivity index (χ3n) is 3.14. The van der Waals surface area contributed by atoms with Crippen LogP contribution in [-0.2, 0) is 0 Å². The second-order valence-corrected chi connectivity index (χ2v) is 5.91. The lowest BCUT2D eigenvalue weighted by molar-refractivity contribution is 0.220. The number of aliphatic hydroxyl groups excluding tert-OH is 1. The highest BCUT2D eigenvalue weighted by Crippen LogP contribution is 2.29. The molecule has 0 amide bonds. The van der Waals surface area contributed by atoms with E-state index in [1.807, 2.05) is 36.4 Å². The molecule has 2 aromatic carbocycles. The number of nitrogens with zero attached hydrogens (tertiary/aromatic N) is 1. The van der Waals surface area contributed by atoms with Gasteiger partial charge in [-0.05, 0) is 47.5 Å². The molecule has 20 heavy (non-hydrogen) atoms. The Hall–Kier alpha value is -1.42.